The second-order valence-electron chi connectivity index (χ2n) is 5.16. The molecule has 1 aliphatic heterocycles. The summed E-state index contributed by atoms with van der Waals surface area (Å²) in [5.41, 5.74) is 2.83. The quantitative estimate of drug-likeness (QED) is 0.544. The van der Waals surface area contributed by atoms with Crippen molar-refractivity contribution in [2.75, 3.05) is 25.6 Å². The lowest BCUT2D eigenvalue weighted by atomic mass is 9.94. The molecule has 1 aromatic rings. The van der Waals surface area contributed by atoms with E-state index in [-0.39, 0.29) is 11.9 Å². The molecule has 0 bridgehead atoms. The summed E-state index contributed by atoms with van der Waals surface area (Å²) in [6, 6.07) is 5.37. The van der Waals surface area contributed by atoms with Crippen LogP contribution in [0.1, 0.15) is 23.8 Å². The van der Waals surface area contributed by atoms with Crippen LogP contribution in [-0.2, 0) is 0 Å². The number of nitrogens with two attached hydrogens (primary N) is 1. The van der Waals surface area contributed by atoms with E-state index in [9.17, 15) is 4.79 Å². The molecule has 0 saturated carbocycles. The molecule has 0 aromatic carbocycles. The molecular weight excluding hydrogens is 242 g/mol. The van der Waals surface area contributed by atoms with Crippen LogP contribution >= 0.6 is 0 Å². The topological polar surface area (TPSA) is 83.3 Å². The average molecular weight is 263 g/mol. The van der Waals surface area contributed by atoms with E-state index in [2.05, 4.69) is 34.6 Å². The summed E-state index contributed by atoms with van der Waals surface area (Å²) in [7, 11) is 2.10. The molecule has 6 heteroatoms. The molecule has 2 rings (SSSR count). The zero-order valence-corrected chi connectivity index (χ0v) is 11.4. The summed E-state index contributed by atoms with van der Waals surface area (Å²) < 4.78 is 0. The minimum Gasteiger partial charge on any atom is -0.348 e. The third kappa shape index (κ3) is 3.42. The normalized spacial score (nSPS) is 23.9. The number of pyridine rings is 1. The van der Waals surface area contributed by atoms with Gasteiger partial charge in [0, 0.05) is 12.6 Å². The Morgan fingerprint density at radius 1 is 1.53 bits per heavy atom. The molecule has 0 spiro atoms. The maximum Gasteiger partial charge on any atom is 0.270 e. The number of amides is 1. The predicted molar refractivity (Wildman–Crippen MR) is 74.6 cm³/mol. The summed E-state index contributed by atoms with van der Waals surface area (Å²) in [5, 5.41) is 3.06. The minimum atomic E-state index is -0.140. The van der Waals surface area contributed by atoms with Crippen LogP contribution in [0.5, 0.6) is 0 Å². The van der Waals surface area contributed by atoms with Crippen LogP contribution in [-0.4, -0.2) is 42.0 Å². The van der Waals surface area contributed by atoms with Crippen LogP contribution in [0.25, 0.3) is 0 Å². The first-order valence-electron chi connectivity index (χ1n) is 6.53. The van der Waals surface area contributed by atoms with Gasteiger partial charge < -0.3 is 15.6 Å². The van der Waals surface area contributed by atoms with E-state index in [0.717, 1.165) is 19.5 Å². The number of hydrazine groups is 1. The van der Waals surface area contributed by atoms with Crippen molar-refractivity contribution in [3.05, 3.63) is 23.9 Å². The van der Waals surface area contributed by atoms with Crippen LogP contribution < -0.4 is 16.6 Å². The highest BCUT2D eigenvalue weighted by Crippen LogP contribution is 2.16. The molecule has 2 atom stereocenters. The van der Waals surface area contributed by atoms with Gasteiger partial charge in [-0.3, -0.25) is 4.79 Å². The lowest BCUT2D eigenvalue weighted by Gasteiger charge is -2.35. The molecule has 1 fully saturated rings. The van der Waals surface area contributed by atoms with Gasteiger partial charge in [0.05, 0.1) is 0 Å². The number of aromatic nitrogens is 1. The molecule has 19 heavy (non-hydrogen) atoms. The van der Waals surface area contributed by atoms with Gasteiger partial charge in [-0.15, -0.1) is 0 Å². The predicted octanol–water partition coefficient (Wildman–Crippen LogP) is 0.437. The maximum absolute atomic E-state index is 12.2. The molecule has 1 saturated heterocycles. The van der Waals surface area contributed by atoms with E-state index >= 15 is 0 Å². The number of anilines is 1. The molecule has 1 aromatic heterocycles. The van der Waals surface area contributed by atoms with Crippen molar-refractivity contribution in [3.63, 3.8) is 0 Å². The van der Waals surface area contributed by atoms with Crippen molar-refractivity contribution in [1.82, 2.24) is 15.2 Å². The first-order valence-corrected chi connectivity index (χ1v) is 6.53. The number of hydrogen-bond acceptors (Lipinski definition) is 5. The second-order valence-corrected chi connectivity index (χ2v) is 5.16. The van der Waals surface area contributed by atoms with Crippen LogP contribution in [0.4, 0.5) is 5.82 Å². The van der Waals surface area contributed by atoms with E-state index in [1.807, 2.05) is 0 Å². The van der Waals surface area contributed by atoms with Crippen molar-refractivity contribution in [2.45, 2.75) is 19.4 Å². The highest BCUT2D eigenvalue weighted by Gasteiger charge is 2.26. The Labute approximate surface area is 113 Å². The molecule has 2 heterocycles. The summed E-state index contributed by atoms with van der Waals surface area (Å²) >= 11 is 0. The van der Waals surface area contributed by atoms with Crippen LogP contribution in [0.2, 0.25) is 0 Å². The lowest BCUT2D eigenvalue weighted by molar-refractivity contribution is 0.0879. The highest BCUT2D eigenvalue weighted by molar-refractivity contribution is 5.92. The van der Waals surface area contributed by atoms with Gasteiger partial charge in [-0.2, -0.15) is 0 Å². The summed E-state index contributed by atoms with van der Waals surface area (Å²) in [5.74, 6) is 6.08. The van der Waals surface area contributed by atoms with Gasteiger partial charge in [0.1, 0.15) is 11.5 Å². The fraction of sp³-hybridized carbons (Fsp3) is 0.538. The number of likely N-dealkylation sites (tertiary alicyclic amines) is 1. The van der Waals surface area contributed by atoms with E-state index < -0.39 is 0 Å². The van der Waals surface area contributed by atoms with Crippen molar-refractivity contribution >= 4 is 11.7 Å². The smallest absolute Gasteiger partial charge is 0.270 e. The van der Waals surface area contributed by atoms with Gasteiger partial charge in [-0.25, -0.2) is 10.8 Å². The fourth-order valence-electron chi connectivity index (χ4n) is 2.45. The van der Waals surface area contributed by atoms with E-state index in [1.165, 1.54) is 0 Å². The number of hydrogen-bond donors (Lipinski definition) is 3. The number of carbonyl (C=O) groups is 1. The number of piperidine rings is 1. The second kappa shape index (κ2) is 5.99. The van der Waals surface area contributed by atoms with E-state index in [4.69, 9.17) is 5.84 Å². The number of nitrogen functional groups attached to an aromatic ring is 1. The van der Waals surface area contributed by atoms with Crippen molar-refractivity contribution in [1.29, 1.82) is 0 Å². The van der Waals surface area contributed by atoms with Gasteiger partial charge in [0.25, 0.3) is 5.91 Å². The lowest BCUT2D eigenvalue weighted by Crippen LogP contribution is -2.49. The number of rotatable bonds is 3. The van der Waals surface area contributed by atoms with E-state index in [1.54, 1.807) is 18.2 Å². The number of nitrogens with one attached hydrogen (secondary N) is 2. The van der Waals surface area contributed by atoms with Gasteiger partial charge in [-0.1, -0.05) is 13.0 Å². The van der Waals surface area contributed by atoms with Crippen LogP contribution in [0.15, 0.2) is 18.2 Å². The van der Waals surface area contributed by atoms with Gasteiger partial charge in [0.15, 0.2) is 0 Å². The Hall–Kier alpha value is -1.66. The van der Waals surface area contributed by atoms with Gasteiger partial charge in [-0.05, 0) is 38.1 Å². The third-order valence-electron chi connectivity index (χ3n) is 3.55. The summed E-state index contributed by atoms with van der Waals surface area (Å²) in [6.07, 6.45) is 0.970. The van der Waals surface area contributed by atoms with Crippen molar-refractivity contribution in [3.8, 4) is 0 Å². The largest absolute Gasteiger partial charge is 0.348 e. The first kappa shape index (κ1) is 13.8. The molecule has 0 aliphatic carbocycles. The Bertz CT molecular complexity index is 450. The summed E-state index contributed by atoms with van der Waals surface area (Å²) in [6.45, 7) is 4.17. The van der Waals surface area contributed by atoms with Gasteiger partial charge in [0.2, 0.25) is 0 Å². The molecule has 1 amide bonds. The first-order chi connectivity index (χ1) is 9.10. The zero-order chi connectivity index (χ0) is 13.8. The van der Waals surface area contributed by atoms with E-state index in [0.29, 0.717) is 17.4 Å². The number of nitrogens with zero attached hydrogens (tertiary/aromatic N) is 2. The van der Waals surface area contributed by atoms with Gasteiger partial charge >= 0.3 is 0 Å². The highest BCUT2D eigenvalue weighted by atomic mass is 16.1. The molecule has 2 unspecified atom stereocenters. The molecule has 1 aliphatic rings. The Morgan fingerprint density at radius 2 is 2.32 bits per heavy atom. The molecule has 0 radical (unpaired) electrons. The molecular formula is C13H21N5O. The number of carbonyl (C=O) groups excluding carboxylic acids is 1. The van der Waals surface area contributed by atoms with Crippen LogP contribution in [0, 0.1) is 5.92 Å². The maximum atomic E-state index is 12.2. The third-order valence-corrected chi connectivity index (χ3v) is 3.55. The fourth-order valence-corrected chi connectivity index (χ4v) is 2.45. The van der Waals surface area contributed by atoms with Crippen LogP contribution in [0.3, 0.4) is 0 Å². The minimum absolute atomic E-state index is 0.140. The summed E-state index contributed by atoms with van der Waals surface area (Å²) in [4.78, 5) is 18.6. The van der Waals surface area contributed by atoms with Crippen molar-refractivity contribution in [2.24, 2.45) is 11.8 Å². The Balaban J connectivity index is 2.00. The Morgan fingerprint density at radius 3 is 3.00 bits per heavy atom. The molecule has 4 N–H and O–H groups in total. The monoisotopic (exact) mass is 263 g/mol. The molecule has 104 valence electrons. The Kier molecular flexibility index (Phi) is 4.34. The SMILES string of the molecule is CC1CN(C)CCC1NC(=O)c1cccc(NN)n1. The average Bonchev–Trinajstić information content (AvgIpc) is 2.42. The standard InChI is InChI=1S/C13H21N5O/c1-9-8-18(2)7-6-10(9)16-13(19)11-4-3-5-12(15-11)17-14/h3-5,9-10H,6-8,14H2,1-2H3,(H,15,17)(H,16,19). The molecule has 6 nitrogen and oxygen atoms in total. The zero-order valence-electron chi connectivity index (χ0n) is 11.4. The van der Waals surface area contributed by atoms with Crippen molar-refractivity contribution < 1.29 is 4.79 Å².